The van der Waals surface area contributed by atoms with Crippen molar-refractivity contribution in [2.75, 3.05) is 51.4 Å². The monoisotopic (exact) mass is 335 g/mol. The zero-order chi connectivity index (χ0) is 17.2. The number of ether oxygens (including phenoxy) is 2. The van der Waals surface area contributed by atoms with Crippen molar-refractivity contribution >= 4 is 11.8 Å². The van der Waals surface area contributed by atoms with Crippen LogP contribution in [0.4, 0.5) is 5.82 Å². The molecule has 2 heterocycles. The van der Waals surface area contributed by atoms with Gasteiger partial charge in [-0.05, 0) is 25.5 Å². The van der Waals surface area contributed by atoms with E-state index in [2.05, 4.69) is 44.6 Å². The summed E-state index contributed by atoms with van der Waals surface area (Å²) in [4.78, 5) is 11.0. The molecule has 0 amide bonds. The number of aliphatic imine (C=N–C) groups is 1. The topological polar surface area (TPSA) is 71.0 Å². The van der Waals surface area contributed by atoms with Gasteiger partial charge in [0.15, 0.2) is 5.96 Å². The molecule has 1 atom stereocenters. The van der Waals surface area contributed by atoms with E-state index >= 15 is 0 Å². The van der Waals surface area contributed by atoms with E-state index in [-0.39, 0.29) is 6.10 Å². The molecule has 24 heavy (non-hydrogen) atoms. The van der Waals surface area contributed by atoms with Gasteiger partial charge in [0, 0.05) is 46.0 Å². The fourth-order valence-corrected chi connectivity index (χ4v) is 2.53. The molecule has 1 unspecified atom stereocenters. The van der Waals surface area contributed by atoms with Crippen molar-refractivity contribution < 1.29 is 9.47 Å². The predicted molar refractivity (Wildman–Crippen MR) is 96.6 cm³/mol. The first kappa shape index (κ1) is 18.5. The maximum atomic E-state index is 5.57. The molecule has 1 saturated heterocycles. The van der Waals surface area contributed by atoms with Crippen LogP contribution >= 0.6 is 0 Å². The highest BCUT2D eigenvalue weighted by Gasteiger charge is 2.17. The second-order valence-electron chi connectivity index (χ2n) is 5.70. The van der Waals surface area contributed by atoms with Crippen molar-refractivity contribution in [2.24, 2.45) is 4.99 Å². The van der Waals surface area contributed by atoms with Gasteiger partial charge in [0.25, 0.3) is 0 Å². The Morgan fingerprint density at radius 2 is 2.33 bits per heavy atom. The minimum atomic E-state index is 0.257. The average molecular weight is 335 g/mol. The van der Waals surface area contributed by atoms with Crippen LogP contribution in [0.1, 0.15) is 19.4 Å². The van der Waals surface area contributed by atoms with Crippen LogP contribution in [-0.4, -0.2) is 63.6 Å². The lowest BCUT2D eigenvalue weighted by molar-refractivity contribution is 0.0529. The van der Waals surface area contributed by atoms with Crippen LogP contribution < -0.4 is 15.5 Å². The second kappa shape index (κ2) is 10.1. The number of guanidine groups is 1. The molecular weight excluding hydrogens is 306 g/mol. The standard InChI is InChI=1S/C17H29N5O2/c1-4-23-9-7-19-17(18-3)21-12-15-5-6-16(20-11-15)22-8-10-24-14(2)13-22/h5-6,11,14H,4,7-10,12-13H2,1-3H3,(H2,18,19,21). The lowest BCUT2D eigenvalue weighted by atomic mass is 10.2. The van der Waals surface area contributed by atoms with Crippen LogP contribution in [0.25, 0.3) is 0 Å². The lowest BCUT2D eigenvalue weighted by Crippen LogP contribution is -2.41. The Balaban J connectivity index is 1.78. The van der Waals surface area contributed by atoms with Crippen LogP contribution in [0, 0.1) is 0 Å². The molecule has 2 N–H and O–H groups in total. The summed E-state index contributed by atoms with van der Waals surface area (Å²) in [6.07, 6.45) is 2.17. The number of aromatic nitrogens is 1. The summed E-state index contributed by atoms with van der Waals surface area (Å²) in [5.74, 6) is 1.77. The van der Waals surface area contributed by atoms with E-state index in [1.807, 2.05) is 13.1 Å². The van der Waals surface area contributed by atoms with Crippen molar-refractivity contribution in [3.63, 3.8) is 0 Å². The average Bonchev–Trinajstić information content (AvgIpc) is 2.61. The first-order valence-corrected chi connectivity index (χ1v) is 8.56. The van der Waals surface area contributed by atoms with E-state index in [4.69, 9.17) is 9.47 Å². The van der Waals surface area contributed by atoms with Crippen LogP contribution in [-0.2, 0) is 16.0 Å². The Hall–Kier alpha value is -1.86. The van der Waals surface area contributed by atoms with Gasteiger partial charge in [-0.15, -0.1) is 0 Å². The van der Waals surface area contributed by atoms with Gasteiger partial charge in [-0.25, -0.2) is 4.98 Å². The quantitative estimate of drug-likeness (QED) is 0.440. The molecule has 1 fully saturated rings. The molecule has 1 aromatic rings. The molecule has 134 valence electrons. The Labute approximate surface area is 144 Å². The van der Waals surface area contributed by atoms with Crippen molar-refractivity contribution in [1.29, 1.82) is 0 Å². The smallest absolute Gasteiger partial charge is 0.191 e. The third kappa shape index (κ3) is 5.98. The molecule has 0 bridgehead atoms. The van der Waals surface area contributed by atoms with Crippen LogP contribution in [0.5, 0.6) is 0 Å². The highest BCUT2D eigenvalue weighted by molar-refractivity contribution is 5.79. The summed E-state index contributed by atoms with van der Waals surface area (Å²) in [5.41, 5.74) is 1.12. The minimum absolute atomic E-state index is 0.257. The van der Waals surface area contributed by atoms with Gasteiger partial charge in [-0.3, -0.25) is 4.99 Å². The first-order chi connectivity index (χ1) is 11.7. The number of nitrogens with zero attached hydrogens (tertiary/aromatic N) is 3. The normalized spacial score (nSPS) is 18.5. The third-order valence-corrected chi connectivity index (χ3v) is 3.80. The predicted octanol–water partition coefficient (Wildman–Crippen LogP) is 1.01. The summed E-state index contributed by atoms with van der Waals surface area (Å²) < 4.78 is 10.9. The summed E-state index contributed by atoms with van der Waals surface area (Å²) in [7, 11) is 1.76. The Bertz CT molecular complexity index is 506. The summed E-state index contributed by atoms with van der Waals surface area (Å²) in [6, 6.07) is 4.17. The maximum Gasteiger partial charge on any atom is 0.191 e. The second-order valence-corrected chi connectivity index (χ2v) is 5.70. The minimum Gasteiger partial charge on any atom is -0.380 e. The van der Waals surface area contributed by atoms with E-state index in [0.29, 0.717) is 13.2 Å². The number of rotatable bonds is 7. The summed E-state index contributed by atoms with van der Waals surface area (Å²) in [6.45, 7) is 9.44. The number of hydrogen-bond donors (Lipinski definition) is 2. The molecule has 7 heteroatoms. The molecule has 7 nitrogen and oxygen atoms in total. The highest BCUT2D eigenvalue weighted by Crippen LogP contribution is 2.15. The fraction of sp³-hybridized carbons (Fsp3) is 0.647. The van der Waals surface area contributed by atoms with E-state index in [9.17, 15) is 0 Å². The molecule has 1 aliphatic rings. The van der Waals surface area contributed by atoms with Gasteiger partial charge in [0.05, 0.1) is 19.3 Å². The Morgan fingerprint density at radius 3 is 3.00 bits per heavy atom. The van der Waals surface area contributed by atoms with Crippen molar-refractivity contribution in [1.82, 2.24) is 15.6 Å². The van der Waals surface area contributed by atoms with Crippen molar-refractivity contribution in [2.45, 2.75) is 26.5 Å². The molecule has 0 radical (unpaired) electrons. The summed E-state index contributed by atoms with van der Waals surface area (Å²) >= 11 is 0. The number of nitrogens with one attached hydrogen (secondary N) is 2. The SMILES string of the molecule is CCOCCNC(=NC)NCc1ccc(N2CCOC(C)C2)nc1. The van der Waals surface area contributed by atoms with Gasteiger partial charge in [0.1, 0.15) is 5.82 Å². The number of pyridine rings is 1. The Kier molecular flexibility index (Phi) is 7.77. The first-order valence-electron chi connectivity index (χ1n) is 8.56. The zero-order valence-corrected chi connectivity index (χ0v) is 14.9. The number of hydrogen-bond acceptors (Lipinski definition) is 5. The van der Waals surface area contributed by atoms with Crippen molar-refractivity contribution in [3.8, 4) is 0 Å². The zero-order valence-electron chi connectivity index (χ0n) is 14.9. The molecule has 1 aliphatic heterocycles. The largest absolute Gasteiger partial charge is 0.380 e. The van der Waals surface area contributed by atoms with Crippen LogP contribution in [0.2, 0.25) is 0 Å². The third-order valence-electron chi connectivity index (χ3n) is 3.80. The van der Waals surface area contributed by atoms with E-state index in [1.54, 1.807) is 7.05 Å². The Morgan fingerprint density at radius 1 is 1.46 bits per heavy atom. The number of anilines is 1. The van der Waals surface area contributed by atoms with Gasteiger partial charge >= 0.3 is 0 Å². The molecule has 1 aromatic heterocycles. The van der Waals surface area contributed by atoms with E-state index in [0.717, 1.165) is 50.2 Å². The van der Waals surface area contributed by atoms with E-state index < -0.39 is 0 Å². The molecule has 0 saturated carbocycles. The van der Waals surface area contributed by atoms with E-state index in [1.165, 1.54) is 0 Å². The molecule has 0 spiro atoms. The van der Waals surface area contributed by atoms with Crippen molar-refractivity contribution in [3.05, 3.63) is 23.9 Å². The highest BCUT2D eigenvalue weighted by atomic mass is 16.5. The van der Waals surface area contributed by atoms with Crippen LogP contribution in [0.15, 0.2) is 23.3 Å². The maximum absolute atomic E-state index is 5.57. The van der Waals surface area contributed by atoms with Gasteiger partial charge in [-0.1, -0.05) is 6.07 Å². The lowest BCUT2D eigenvalue weighted by Gasteiger charge is -2.32. The molecule has 0 aromatic carbocycles. The van der Waals surface area contributed by atoms with Gasteiger partial charge in [-0.2, -0.15) is 0 Å². The molecular formula is C17H29N5O2. The van der Waals surface area contributed by atoms with Gasteiger partial charge < -0.3 is 25.0 Å². The molecule has 2 rings (SSSR count). The number of morpholine rings is 1. The summed E-state index contributed by atoms with van der Waals surface area (Å²) in [5, 5.41) is 6.49. The van der Waals surface area contributed by atoms with Gasteiger partial charge in [0.2, 0.25) is 0 Å². The molecule has 0 aliphatic carbocycles. The fourth-order valence-electron chi connectivity index (χ4n) is 2.53. The van der Waals surface area contributed by atoms with Crippen LogP contribution in [0.3, 0.4) is 0 Å².